The number of carbonyl (C=O) groups excluding carboxylic acids is 2. The zero-order chi connectivity index (χ0) is 17.4. The van der Waals surface area contributed by atoms with Gasteiger partial charge in [-0.3, -0.25) is 9.59 Å². The lowest BCUT2D eigenvalue weighted by molar-refractivity contribution is -0.139. The van der Waals surface area contributed by atoms with Crippen molar-refractivity contribution in [3.63, 3.8) is 0 Å². The lowest BCUT2D eigenvalue weighted by Gasteiger charge is -2.33. The van der Waals surface area contributed by atoms with Crippen LogP contribution in [-0.4, -0.2) is 47.8 Å². The van der Waals surface area contributed by atoms with Crippen LogP contribution in [0.1, 0.15) is 38.7 Å². The van der Waals surface area contributed by atoms with Crippen LogP contribution in [0.5, 0.6) is 0 Å². The molecule has 0 atom stereocenters. The van der Waals surface area contributed by atoms with Gasteiger partial charge < -0.3 is 9.80 Å². The molecule has 1 aromatic rings. The maximum atomic E-state index is 12.8. The van der Waals surface area contributed by atoms with Crippen LogP contribution in [0.4, 0.5) is 0 Å². The molecule has 2 amide bonds. The zero-order valence-corrected chi connectivity index (χ0v) is 14.8. The predicted octanol–water partition coefficient (Wildman–Crippen LogP) is 3.20. The van der Waals surface area contributed by atoms with E-state index in [0.29, 0.717) is 19.6 Å². The summed E-state index contributed by atoms with van der Waals surface area (Å²) in [6.07, 6.45) is 6.64. The van der Waals surface area contributed by atoms with Crippen molar-refractivity contribution < 1.29 is 9.59 Å². The van der Waals surface area contributed by atoms with Crippen molar-refractivity contribution in [2.24, 2.45) is 5.92 Å². The highest BCUT2D eigenvalue weighted by Gasteiger charge is 2.28. The van der Waals surface area contributed by atoms with Crippen LogP contribution in [-0.2, 0) is 9.59 Å². The molecule has 1 aliphatic rings. The molecule has 2 rings (SSSR count). The van der Waals surface area contributed by atoms with Crippen LogP contribution in [0.2, 0.25) is 0 Å². The van der Waals surface area contributed by atoms with E-state index in [2.05, 4.69) is 31.2 Å². The molecule has 0 spiro atoms. The van der Waals surface area contributed by atoms with Gasteiger partial charge in [-0.05, 0) is 24.8 Å². The highest BCUT2D eigenvalue weighted by Crippen LogP contribution is 2.20. The maximum Gasteiger partial charge on any atom is 0.226 e. The van der Waals surface area contributed by atoms with Crippen LogP contribution in [0.25, 0.3) is 6.08 Å². The number of piperidine rings is 1. The summed E-state index contributed by atoms with van der Waals surface area (Å²) >= 11 is 0. The van der Waals surface area contributed by atoms with Crippen molar-refractivity contribution in [3.8, 4) is 0 Å². The van der Waals surface area contributed by atoms with E-state index in [1.54, 1.807) is 6.92 Å². The molecule has 1 heterocycles. The molecule has 0 aromatic heterocycles. The van der Waals surface area contributed by atoms with Crippen LogP contribution in [0.3, 0.4) is 0 Å². The number of likely N-dealkylation sites (tertiary alicyclic amines) is 1. The Morgan fingerprint density at radius 1 is 1.21 bits per heavy atom. The summed E-state index contributed by atoms with van der Waals surface area (Å²) in [5.74, 6) is 0.396. The number of hydrogen-bond acceptors (Lipinski definition) is 2. The summed E-state index contributed by atoms with van der Waals surface area (Å²) in [7, 11) is 0. The first-order valence-corrected chi connectivity index (χ1v) is 8.87. The summed E-state index contributed by atoms with van der Waals surface area (Å²) in [5, 5.41) is 0. The molecule has 1 aromatic carbocycles. The lowest BCUT2D eigenvalue weighted by Crippen LogP contribution is -2.44. The average molecular weight is 328 g/mol. The minimum Gasteiger partial charge on any atom is -0.343 e. The average Bonchev–Trinajstić information content (AvgIpc) is 2.61. The van der Waals surface area contributed by atoms with Crippen molar-refractivity contribution in [3.05, 3.63) is 42.0 Å². The fourth-order valence-electron chi connectivity index (χ4n) is 3.14. The fraction of sp³-hybridized carbons (Fsp3) is 0.500. The van der Waals surface area contributed by atoms with E-state index in [1.165, 1.54) is 0 Å². The molecule has 4 nitrogen and oxygen atoms in total. The van der Waals surface area contributed by atoms with Crippen molar-refractivity contribution in [2.45, 2.75) is 33.1 Å². The number of nitrogens with zero attached hydrogens (tertiary/aromatic N) is 2. The molecular weight excluding hydrogens is 300 g/mol. The fourth-order valence-corrected chi connectivity index (χ4v) is 3.14. The first kappa shape index (κ1) is 18.2. The Morgan fingerprint density at radius 2 is 1.88 bits per heavy atom. The third kappa shape index (κ3) is 5.22. The summed E-state index contributed by atoms with van der Waals surface area (Å²) in [4.78, 5) is 28.0. The van der Waals surface area contributed by atoms with Crippen LogP contribution in [0, 0.1) is 5.92 Å². The Hall–Kier alpha value is -2.10. The highest BCUT2D eigenvalue weighted by atomic mass is 16.2. The molecule has 0 bridgehead atoms. The molecule has 1 fully saturated rings. The van der Waals surface area contributed by atoms with Crippen LogP contribution in [0.15, 0.2) is 36.4 Å². The predicted molar refractivity (Wildman–Crippen MR) is 97.3 cm³/mol. The molecule has 24 heavy (non-hydrogen) atoms. The quantitative estimate of drug-likeness (QED) is 0.804. The van der Waals surface area contributed by atoms with E-state index in [0.717, 1.165) is 31.4 Å². The molecule has 0 saturated carbocycles. The van der Waals surface area contributed by atoms with E-state index in [-0.39, 0.29) is 17.7 Å². The van der Waals surface area contributed by atoms with Gasteiger partial charge in [0, 0.05) is 39.0 Å². The van der Waals surface area contributed by atoms with Gasteiger partial charge in [0.2, 0.25) is 11.8 Å². The second kappa shape index (κ2) is 9.26. The Morgan fingerprint density at radius 3 is 2.46 bits per heavy atom. The Balaban J connectivity index is 1.91. The summed E-state index contributed by atoms with van der Waals surface area (Å²) < 4.78 is 0. The minimum absolute atomic E-state index is 0.0530. The minimum atomic E-state index is 0.0530. The highest BCUT2D eigenvalue weighted by molar-refractivity contribution is 5.80. The number of carbonyl (C=O) groups is 2. The monoisotopic (exact) mass is 328 g/mol. The van der Waals surface area contributed by atoms with Crippen molar-refractivity contribution >= 4 is 17.9 Å². The normalized spacial score (nSPS) is 15.7. The van der Waals surface area contributed by atoms with Crippen LogP contribution >= 0.6 is 0 Å². The third-order valence-electron chi connectivity index (χ3n) is 4.53. The van der Waals surface area contributed by atoms with Gasteiger partial charge in [-0.1, -0.05) is 49.4 Å². The lowest BCUT2D eigenvalue weighted by atomic mass is 9.95. The SMILES string of the molecule is CCCN(C/C=C/c1ccccc1)C(=O)C1CCN(C(C)=O)CC1. The van der Waals surface area contributed by atoms with Crippen LogP contribution < -0.4 is 0 Å². The molecule has 0 N–H and O–H groups in total. The van der Waals surface area contributed by atoms with Gasteiger partial charge in [0.25, 0.3) is 0 Å². The van der Waals surface area contributed by atoms with Crippen molar-refractivity contribution in [1.29, 1.82) is 0 Å². The second-order valence-electron chi connectivity index (χ2n) is 6.38. The van der Waals surface area contributed by atoms with Gasteiger partial charge in [-0.15, -0.1) is 0 Å². The van der Waals surface area contributed by atoms with E-state index in [1.807, 2.05) is 28.0 Å². The Labute approximate surface area is 145 Å². The maximum absolute atomic E-state index is 12.8. The van der Waals surface area contributed by atoms with Crippen molar-refractivity contribution in [2.75, 3.05) is 26.2 Å². The Bertz CT molecular complexity index is 560. The van der Waals surface area contributed by atoms with E-state index in [4.69, 9.17) is 0 Å². The zero-order valence-electron chi connectivity index (χ0n) is 14.8. The van der Waals surface area contributed by atoms with E-state index >= 15 is 0 Å². The molecular formula is C20H28N2O2. The van der Waals surface area contributed by atoms with Gasteiger partial charge >= 0.3 is 0 Å². The first-order valence-electron chi connectivity index (χ1n) is 8.87. The number of amides is 2. The molecule has 130 valence electrons. The standard InChI is InChI=1S/C20H28N2O2/c1-3-13-22(14-7-10-18-8-5-4-6-9-18)20(24)19-11-15-21(16-12-19)17(2)23/h4-10,19H,3,11-16H2,1-2H3/b10-7+. The first-order chi connectivity index (χ1) is 11.6. The largest absolute Gasteiger partial charge is 0.343 e. The number of rotatable bonds is 6. The smallest absolute Gasteiger partial charge is 0.226 e. The summed E-state index contributed by atoms with van der Waals surface area (Å²) in [6, 6.07) is 10.1. The summed E-state index contributed by atoms with van der Waals surface area (Å²) in [6.45, 7) is 6.52. The molecule has 1 aliphatic heterocycles. The summed E-state index contributed by atoms with van der Waals surface area (Å²) in [5.41, 5.74) is 1.15. The number of benzene rings is 1. The molecule has 0 unspecified atom stereocenters. The number of hydrogen-bond donors (Lipinski definition) is 0. The van der Waals surface area contributed by atoms with E-state index < -0.39 is 0 Å². The molecule has 0 radical (unpaired) electrons. The topological polar surface area (TPSA) is 40.6 Å². The third-order valence-corrected chi connectivity index (χ3v) is 4.53. The molecule has 1 saturated heterocycles. The van der Waals surface area contributed by atoms with Gasteiger partial charge in [0.05, 0.1) is 0 Å². The van der Waals surface area contributed by atoms with Crippen molar-refractivity contribution in [1.82, 2.24) is 9.80 Å². The second-order valence-corrected chi connectivity index (χ2v) is 6.38. The van der Waals surface area contributed by atoms with E-state index in [9.17, 15) is 9.59 Å². The molecule has 0 aliphatic carbocycles. The molecule has 4 heteroatoms. The van der Waals surface area contributed by atoms with Gasteiger partial charge in [-0.2, -0.15) is 0 Å². The van der Waals surface area contributed by atoms with Gasteiger partial charge in [0.1, 0.15) is 0 Å². The van der Waals surface area contributed by atoms with Gasteiger partial charge in [-0.25, -0.2) is 0 Å². The Kier molecular flexibility index (Phi) is 7.04. The van der Waals surface area contributed by atoms with Gasteiger partial charge in [0.15, 0.2) is 0 Å².